The molecule has 0 aliphatic carbocycles. The average molecular weight is 324 g/mol. The van der Waals surface area contributed by atoms with Crippen molar-refractivity contribution in [2.75, 3.05) is 39.3 Å². The first kappa shape index (κ1) is 16.7. The molecule has 0 aromatic heterocycles. The first-order chi connectivity index (χ1) is 10.5. The lowest BCUT2D eigenvalue weighted by Crippen LogP contribution is -2.50. The number of rotatable bonds is 6. The van der Waals surface area contributed by atoms with Crippen molar-refractivity contribution in [3.8, 4) is 11.8 Å². The smallest absolute Gasteiger partial charge is 0.276 e. The van der Waals surface area contributed by atoms with Crippen LogP contribution >= 0.6 is 0 Å². The molecular weight excluding hydrogens is 304 g/mol. The number of ether oxygens (including phenoxy) is 1. The Bertz CT molecular complexity index is 616. The number of nitrogens with zero attached hydrogens (tertiary/aromatic N) is 3. The third-order valence-electron chi connectivity index (χ3n) is 3.56. The zero-order valence-electron chi connectivity index (χ0n) is 12.3. The molecule has 0 spiro atoms. The number of piperazine rings is 1. The van der Waals surface area contributed by atoms with Crippen molar-refractivity contribution in [3.05, 3.63) is 29.8 Å². The minimum atomic E-state index is -3.56. The Morgan fingerprint density at radius 2 is 1.82 bits per heavy atom. The molecule has 1 fully saturated rings. The highest BCUT2D eigenvalue weighted by molar-refractivity contribution is 7.86. The van der Waals surface area contributed by atoms with Gasteiger partial charge in [0, 0.05) is 32.7 Å². The summed E-state index contributed by atoms with van der Waals surface area (Å²) in [5.41, 5.74) is 0.611. The molecule has 0 atom stereocenters. The van der Waals surface area contributed by atoms with Crippen molar-refractivity contribution in [1.82, 2.24) is 9.21 Å². The van der Waals surface area contributed by atoms with Gasteiger partial charge in [-0.15, -0.1) is 0 Å². The minimum Gasteiger partial charge on any atom is -0.494 e. The summed E-state index contributed by atoms with van der Waals surface area (Å²) in [7, 11) is -3.56. The summed E-state index contributed by atoms with van der Waals surface area (Å²) in [6, 6.07) is 9.07. The summed E-state index contributed by atoms with van der Waals surface area (Å²) in [5.74, 6) is 0.748. The van der Waals surface area contributed by atoms with Crippen molar-refractivity contribution in [2.45, 2.75) is 6.42 Å². The van der Waals surface area contributed by atoms with Crippen LogP contribution in [-0.2, 0) is 10.2 Å². The van der Waals surface area contributed by atoms with Crippen molar-refractivity contribution in [1.29, 1.82) is 5.26 Å². The molecule has 0 unspecified atom stereocenters. The Labute approximate surface area is 131 Å². The fourth-order valence-electron chi connectivity index (χ4n) is 2.31. The van der Waals surface area contributed by atoms with Crippen LogP contribution in [0.15, 0.2) is 24.3 Å². The second kappa shape index (κ2) is 7.56. The van der Waals surface area contributed by atoms with E-state index in [1.54, 1.807) is 24.3 Å². The van der Waals surface area contributed by atoms with Gasteiger partial charge in [0.25, 0.3) is 10.2 Å². The van der Waals surface area contributed by atoms with Crippen LogP contribution < -0.4 is 9.88 Å². The van der Waals surface area contributed by atoms with Crippen LogP contribution in [0.5, 0.6) is 5.75 Å². The molecule has 1 saturated heterocycles. The molecule has 1 heterocycles. The third kappa shape index (κ3) is 4.96. The van der Waals surface area contributed by atoms with E-state index in [2.05, 4.69) is 11.0 Å². The lowest BCUT2D eigenvalue weighted by atomic mass is 10.2. The van der Waals surface area contributed by atoms with Crippen LogP contribution in [0.2, 0.25) is 0 Å². The van der Waals surface area contributed by atoms with Gasteiger partial charge in [-0.3, -0.25) is 0 Å². The molecule has 7 nitrogen and oxygen atoms in total. The van der Waals surface area contributed by atoms with Crippen molar-refractivity contribution < 1.29 is 13.2 Å². The van der Waals surface area contributed by atoms with Gasteiger partial charge in [0.1, 0.15) is 5.75 Å². The summed E-state index contributed by atoms with van der Waals surface area (Å²) < 4.78 is 29.3. The SMILES string of the molecule is N#Cc1ccc(OCCCN2CCN(S(N)(=O)=O)CC2)cc1. The molecule has 22 heavy (non-hydrogen) atoms. The number of nitriles is 1. The normalized spacial score (nSPS) is 17.1. The van der Waals surface area contributed by atoms with E-state index in [1.807, 2.05) is 0 Å². The molecular formula is C14H20N4O3S. The van der Waals surface area contributed by atoms with Crippen LogP contribution in [-0.4, -0.2) is 57.0 Å². The molecule has 1 aromatic rings. The molecule has 2 rings (SSSR count). The number of hydrogen-bond donors (Lipinski definition) is 1. The Balaban J connectivity index is 1.64. The molecule has 1 aliphatic heterocycles. The van der Waals surface area contributed by atoms with Crippen LogP contribution in [0.1, 0.15) is 12.0 Å². The summed E-state index contributed by atoms with van der Waals surface area (Å²) in [5, 5.41) is 13.8. The van der Waals surface area contributed by atoms with E-state index in [0.29, 0.717) is 38.3 Å². The lowest BCUT2D eigenvalue weighted by Gasteiger charge is -2.32. The first-order valence-corrected chi connectivity index (χ1v) is 8.62. The van der Waals surface area contributed by atoms with Gasteiger partial charge in [-0.1, -0.05) is 0 Å². The lowest BCUT2D eigenvalue weighted by molar-refractivity contribution is 0.174. The van der Waals surface area contributed by atoms with Gasteiger partial charge < -0.3 is 9.64 Å². The maximum absolute atomic E-state index is 11.2. The summed E-state index contributed by atoms with van der Waals surface area (Å²) in [6.07, 6.45) is 0.857. The fourth-order valence-corrected chi connectivity index (χ4v) is 2.98. The van der Waals surface area contributed by atoms with Crippen molar-refractivity contribution >= 4 is 10.2 Å². The average Bonchev–Trinajstić information content (AvgIpc) is 2.52. The van der Waals surface area contributed by atoms with E-state index < -0.39 is 10.2 Å². The maximum Gasteiger partial charge on any atom is 0.276 e. The largest absolute Gasteiger partial charge is 0.494 e. The topological polar surface area (TPSA) is 99.7 Å². The van der Waals surface area contributed by atoms with E-state index in [0.717, 1.165) is 18.7 Å². The van der Waals surface area contributed by atoms with Crippen molar-refractivity contribution in [2.24, 2.45) is 5.14 Å². The second-order valence-electron chi connectivity index (χ2n) is 5.12. The summed E-state index contributed by atoms with van der Waals surface area (Å²) in [6.45, 7) is 3.70. The fraction of sp³-hybridized carbons (Fsp3) is 0.500. The van der Waals surface area contributed by atoms with Crippen LogP contribution in [0.25, 0.3) is 0 Å². The van der Waals surface area contributed by atoms with Gasteiger partial charge >= 0.3 is 0 Å². The molecule has 1 aliphatic rings. The summed E-state index contributed by atoms with van der Waals surface area (Å²) >= 11 is 0. The zero-order chi connectivity index (χ0) is 16.0. The Kier molecular flexibility index (Phi) is 5.74. The highest BCUT2D eigenvalue weighted by atomic mass is 32.2. The molecule has 0 bridgehead atoms. The monoisotopic (exact) mass is 324 g/mol. The molecule has 8 heteroatoms. The van der Waals surface area contributed by atoms with Crippen LogP contribution in [0, 0.1) is 11.3 Å². The van der Waals surface area contributed by atoms with Gasteiger partial charge in [-0.25, -0.2) is 5.14 Å². The predicted molar refractivity (Wildman–Crippen MR) is 82.4 cm³/mol. The standard InChI is InChI=1S/C14H20N4O3S/c15-12-13-2-4-14(5-3-13)21-11-1-6-17-7-9-18(10-8-17)22(16,19)20/h2-5H,1,6-11H2,(H2,16,19,20). The van der Waals surface area contributed by atoms with Crippen LogP contribution in [0.3, 0.4) is 0 Å². The van der Waals surface area contributed by atoms with Gasteiger partial charge in [-0.05, 0) is 30.7 Å². The Morgan fingerprint density at radius 3 is 2.36 bits per heavy atom. The second-order valence-corrected chi connectivity index (χ2v) is 6.67. The van der Waals surface area contributed by atoms with E-state index >= 15 is 0 Å². The van der Waals surface area contributed by atoms with Gasteiger partial charge in [0.05, 0.1) is 18.2 Å². The number of benzene rings is 1. The maximum atomic E-state index is 11.2. The van der Waals surface area contributed by atoms with Crippen LogP contribution in [0.4, 0.5) is 0 Å². The Hall–Kier alpha value is -1.66. The highest BCUT2D eigenvalue weighted by Crippen LogP contribution is 2.12. The van der Waals surface area contributed by atoms with E-state index in [1.165, 1.54) is 4.31 Å². The van der Waals surface area contributed by atoms with E-state index in [4.69, 9.17) is 15.1 Å². The molecule has 0 radical (unpaired) electrons. The highest BCUT2D eigenvalue weighted by Gasteiger charge is 2.23. The number of hydrogen-bond acceptors (Lipinski definition) is 5. The van der Waals surface area contributed by atoms with E-state index in [9.17, 15) is 8.42 Å². The van der Waals surface area contributed by atoms with Gasteiger partial charge in [-0.2, -0.15) is 18.0 Å². The van der Waals surface area contributed by atoms with E-state index in [-0.39, 0.29) is 0 Å². The minimum absolute atomic E-state index is 0.440. The Morgan fingerprint density at radius 1 is 1.18 bits per heavy atom. The quantitative estimate of drug-likeness (QED) is 0.751. The van der Waals surface area contributed by atoms with Gasteiger partial charge in [0.15, 0.2) is 0 Å². The predicted octanol–water partition coefficient (Wildman–Crippen LogP) is 0.148. The molecule has 0 saturated carbocycles. The summed E-state index contributed by atoms with van der Waals surface area (Å²) in [4.78, 5) is 2.20. The number of nitrogens with two attached hydrogens (primary N) is 1. The zero-order valence-corrected chi connectivity index (χ0v) is 13.1. The third-order valence-corrected chi connectivity index (χ3v) is 4.65. The first-order valence-electron chi connectivity index (χ1n) is 7.12. The molecule has 120 valence electrons. The molecule has 2 N–H and O–H groups in total. The van der Waals surface area contributed by atoms with Gasteiger partial charge in [0.2, 0.25) is 0 Å². The van der Waals surface area contributed by atoms with Crippen molar-refractivity contribution in [3.63, 3.8) is 0 Å². The molecule has 0 amide bonds. The molecule has 1 aromatic carbocycles.